The van der Waals surface area contributed by atoms with Crippen molar-refractivity contribution in [3.8, 4) is 0 Å². The molecule has 0 fully saturated rings. The number of carbonyl (C=O) groups excluding carboxylic acids is 5. The van der Waals surface area contributed by atoms with Gasteiger partial charge in [-0.15, -0.1) is 0 Å². The van der Waals surface area contributed by atoms with E-state index >= 15 is 0 Å². The van der Waals surface area contributed by atoms with Crippen LogP contribution in [0.25, 0.3) is 0 Å². The Hall–Kier alpha value is -3.81. The fraction of sp³-hybridized carbons (Fsp3) is 0.150. The van der Waals surface area contributed by atoms with Gasteiger partial charge in [0.05, 0.1) is 34.4 Å². The normalized spacial score (nSPS) is 15.2. The van der Waals surface area contributed by atoms with E-state index in [4.69, 9.17) is 4.74 Å². The molecule has 0 saturated carbocycles. The summed E-state index contributed by atoms with van der Waals surface area (Å²) < 4.78 is 5.14. The first kappa shape index (κ1) is 17.6. The van der Waals surface area contributed by atoms with Gasteiger partial charge >= 0.3 is 5.97 Å². The van der Waals surface area contributed by atoms with Gasteiger partial charge in [0, 0.05) is 7.05 Å². The quantitative estimate of drug-likeness (QED) is 0.588. The second-order valence-corrected chi connectivity index (χ2v) is 6.37. The van der Waals surface area contributed by atoms with Crippen molar-refractivity contribution in [2.45, 2.75) is 0 Å². The lowest BCUT2D eigenvalue weighted by Crippen LogP contribution is -2.33. The minimum atomic E-state index is -0.714. The number of amides is 4. The molecule has 2 heterocycles. The summed E-state index contributed by atoms with van der Waals surface area (Å²) in [6.45, 7) is -0.267. The fourth-order valence-electron chi connectivity index (χ4n) is 3.24. The summed E-state index contributed by atoms with van der Waals surface area (Å²) in [6.07, 6.45) is 0. The Labute approximate surface area is 159 Å². The standard InChI is InChI=1S/C20H14N2O6/c1-21-16(23)14-7-6-11(10-15(14)17(21)24)20(27)28-9-8-22-18(25)12-4-2-3-5-13(12)19(22)26/h2-7,10H,8-9H2,1H3. The maximum atomic E-state index is 12.3. The first-order valence-corrected chi connectivity index (χ1v) is 8.49. The van der Waals surface area contributed by atoms with Crippen molar-refractivity contribution in [1.29, 1.82) is 0 Å². The minimum Gasteiger partial charge on any atom is -0.460 e. The van der Waals surface area contributed by atoms with Crippen molar-refractivity contribution in [3.63, 3.8) is 0 Å². The van der Waals surface area contributed by atoms with Crippen molar-refractivity contribution in [1.82, 2.24) is 9.80 Å². The molecule has 8 nitrogen and oxygen atoms in total. The van der Waals surface area contributed by atoms with Crippen LogP contribution < -0.4 is 0 Å². The van der Waals surface area contributed by atoms with Crippen LogP contribution in [-0.4, -0.2) is 59.6 Å². The highest BCUT2D eigenvalue weighted by molar-refractivity contribution is 6.22. The van der Waals surface area contributed by atoms with Gasteiger partial charge in [-0.3, -0.25) is 29.0 Å². The summed E-state index contributed by atoms with van der Waals surface area (Å²) in [6, 6.07) is 10.6. The Morgan fingerprint density at radius 2 is 1.39 bits per heavy atom. The van der Waals surface area contributed by atoms with E-state index in [0.717, 1.165) is 9.80 Å². The molecule has 2 aromatic carbocycles. The predicted octanol–water partition coefficient (Wildman–Crippen LogP) is 1.37. The van der Waals surface area contributed by atoms with Crippen LogP contribution in [0.1, 0.15) is 51.8 Å². The zero-order valence-electron chi connectivity index (χ0n) is 14.8. The molecular weight excluding hydrogens is 364 g/mol. The summed E-state index contributed by atoms with van der Waals surface area (Å²) in [5.41, 5.74) is 1.13. The average Bonchev–Trinajstić information content (AvgIpc) is 3.08. The molecular formula is C20H14N2O6. The molecule has 140 valence electrons. The molecule has 0 atom stereocenters. The Kier molecular flexibility index (Phi) is 4.03. The van der Waals surface area contributed by atoms with Gasteiger partial charge in [0.2, 0.25) is 0 Å². The highest BCUT2D eigenvalue weighted by atomic mass is 16.5. The first-order chi connectivity index (χ1) is 13.4. The molecule has 0 unspecified atom stereocenters. The Bertz CT molecular complexity index is 1040. The van der Waals surface area contributed by atoms with Gasteiger partial charge in [-0.2, -0.15) is 0 Å². The Morgan fingerprint density at radius 3 is 2.04 bits per heavy atom. The van der Waals surface area contributed by atoms with Crippen molar-refractivity contribution in [2.75, 3.05) is 20.2 Å². The molecule has 2 aromatic rings. The lowest BCUT2D eigenvalue weighted by molar-refractivity contribution is 0.0420. The molecule has 4 amide bonds. The van der Waals surface area contributed by atoms with E-state index < -0.39 is 29.6 Å². The Balaban J connectivity index is 1.41. The van der Waals surface area contributed by atoms with Gasteiger partial charge in [0.15, 0.2) is 0 Å². The molecule has 0 aromatic heterocycles. The summed E-state index contributed by atoms with van der Waals surface area (Å²) in [7, 11) is 1.37. The monoisotopic (exact) mass is 378 g/mol. The zero-order valence-corrected chi connectivity index (χ0v) is 14.8. The smallest absolute Gasteiger partial charge is 0.338 e. The van der Waals surface area contributed by atoms with Gasteiger partial charge in [-0.1, -0.05) is 12.1 Å². The van der Waals surface area contributed by atoms with E-state index in [1.54, 1.807) is 24.3 Å². The highest BCUT2D eigenvalue weighted by Gasteiger charge is 2.35. The number of nitrogens with zero attached hydrogens (tertiary/aromatic N) is 2. The number of rotatable bonds is 4. The van der Waals surface area contributed by atoms with Gasteiger partial charge in [-0.05, 0) is 30.3 Å². The maximum absolute atomic E-state index is 12.3. The van der Waals surface area contributed by atoms with Crippen LogP contribution in [0.15, 0.2) is 42.5 Å². The van der Waals surface area contributed by atoms with Crippen LogP contribution in [0, 0.1) is 0 Å². The minimum absolute atomic E-state index is 0.0802. The topological polar surface area (TPSA) is 101 Å². The molecule has 0 radical (unpaired) electrons. The summed E-state index contributed by atoms with van der Waals surface area (Å²) in [4.78, 5) is 62.7. The van der Waals surface area contributed by atoms with E-state index in [1.807, 2.05) is 0 Å². The molecule has 2 aliphatic heterocycles. The SMILES string of the molecule is CN1C(=O)c2ccc(C(=O)OCCN3C(=O)c4ccccc4C3=O)cc2C1=O. The van der Waals surface area contributed by atoms with Crippen LogP contribution >= 0.6 is 0 Å². The van der Waals surface area contributed by atoms with Crippen molar-refractivity contribution >= 4 is 29.6 Å². The van der Waals surface area contributed by atoms with Gasteiger partial charge in [0.25, 0.3) is 23.6 Å². The molecule has 0 spiro atoms. The molecule has 0 saturated heterocycles. The van der Waals surface area contributed by atoms with E-state index in [2.05, 4.69) is 0 Å². The van der Waals surface area contributed by atoms with E-state index in [0.29, 0.717) is 11.1 Å². The largest absolute Gasteiger partial charge is 0.460 e. The summed E-state index contributed by atoms with van der Waals surface area (Å²) >= 11 is 0. The third-order valence-corrected chi connectivity index (χ3v) is 4.75. The molecule has 0 bridgehead atoms. The van der Waals surface area contributed by atoms with Crippen LogP contribution in [0.3, 0.4) is 0 Å². The first-order valence-electron chi connectivity index (χ1n) is 8.49. The zero-order chi connectivity index (χ0) is 20.0. The Morgan fingerprint density at radius 1 is 0.821 bits per heavy atom. The number of ether oxygens (including phenoxy) is 1. The van der Waals surface area contributed by atoms with Crippen molar-refractivity contribution in [3.05, 3.63) is 70.3 Å². The molecule has 2 aliphatic rings. The van der Waals surface area contributed by atoms with E-state index in [9.17, 15) is 24.0 Å². The van der Waals surface area contributed by atoms with Gasteiger partial charge in [-0.25, -0.2) is 4.79 Å². The van der Waals surface area contributed by atoms with E-state index in [-0.39, 0.29) is 29.8 Å². The van der Waals surface area contributed by atoms with Gasteiger partial charge < -0.3 is 4.74 Å². The lowest BCUT2D eigenvalue weighted by Gasteiger charge is -2.13. The highest BCUT2D eigenvalue weighted by Crippen LogP contribution is 2.24. The molecule has 8 heteroatoms. The molecule has 4 rings (SSSR count). The predicted molar refractivity (Wildman–Crippen MR) is 95.0 cm³/mol. The number of imide groups is 2. The number of esters is 1. The van der Waals surface area contributed by atoms with E-state index in [1.165, 1.54) is 25.2 Å². The summed E-state index contributed by atoms with van der Waals surface area (Å²) in [5.74, 6) is -2.48. The lowest BCUT2D eigenvalue weighted by atomic mass is 10.1. The van der Waals surface area contributed by atoms with Gasteiger partial charge in [0.1, 0.15) is 6.61 Å². The van der Waals surface area contributed by atoms with Crippen LogP contribution in [0.4, 0.5) is 0 Å². The van der Waals surface area contributed by atoms with Crippen LogP contribution in [0.2, 0.25) is 0 Å². The van der Waals surface area contributed by atoms with Crippen LogP contribution in [-0.2, 0) is 4.74 Å². The number of benzene rings is 2. The maximum Gasteiger partial charge on any atom is 0.338 e. The number of fused-ring (bicyclic) bond motifs is 2. The number of hydrogen-bond acceptors (Lipinski definition) is 6. The molecule has 0 N–H and O–H groups in total. The van der Waals surface area contributed by atoms with Crippen molar-refractivity contribution < 1.29 is 28.7 Å². The third-order valence-electron chi connectivity index (χ3n) is 4.75. The second kappa shape index (κ2) is 6.41. The fourth-order valence-corrected chi connectivity index (χ4v) is 3.24. The van der Waals surface area contributed by atoms with Crippen LogP contribution in [0.5, 0.6) is 0 Å². The number of carbonyl (C=O) groups is 5. The molecule has 0 aliphatic carbocycles. The van der Waals surface area contributed by atoms with Crippen molar-refractivity contribution in [2.24, 2.45) is 0 Å². The second-order valence-electron chi connectivity index (χ2n) is 6.37. The molecule has 28 heavy (non-hydrogen) atoms. The third kappa shape index (κ3) is 2.58. The number of hydrogen-bond donors (Lipinski definition) is 0. The summed E-state index contributed by atoms with van der Waals surface area (Å²) in [5, 5.41) is 0. The average molecular weight is 378 g/mol.